The van der Waals surface area contributed by atoms with Crippen LogP contribution in [0.3, 0.4) is 0 Å². The molecule has 0 unspecified atom stereocenters. The van der Waals surface area contributed by atoms with Crippen LogP contribution in [-0.4, -0.2) is 23.5 Å². The van der Waals surface area contributed by atoms with Crippen LogP contribution < -0.4 is 9.47 Å². The number of benzene rings is 3. The molecule has 0 aliphatic heterocycles. The normalized spacial score (nSPS) is 11.7. The van der Waals surface area contributed by atoms with Crippen LogP contribution in [0.25, 0.3) is 11.1 Å². The highest BCUT2D eigenvalue weighted by Crippen LogP contribution is 2.25. The van der Waals surface area contributed by atoms with Gasteiger partial charge in [0.15, 0.2) is 0 Å². The molecular formula is C39H52O5. The second-order valence-corrected chi connectivity index (χ2v) is 11.9. The maximum absolute atomic E-state index is 12.6. The largest absolute Gasteiger partial charge is 0.494 e. The van der Waals surface area contributed by atoms with Gasteiger partial charge in [-0.3, -0.25) is 4.79 Å². The van der Waals surface area contributed by atoms with Gasteiger partial charge in [-0.2, -0.15) is 0 Å². The molecule has 1 N–H and O–H groups in total. The summed E-state index contributed by atoms with van der Waals surface area (Å²) < 4.78 is 11.4. The number of carbonyl (C=O) groups is 2. The van der Waals surface area contributed by atoms with E-state index in [0.29, 0.717) is 16.9 Å². The van der Waals surface area contributed by atoms with Crippen LogP contribution in [0.5, 0.6) is 11.5 Å². The van der Waals surface area contributed by atoms with Crippen molar-refractivity contribution in [3.63, 3.8) is 0 Å². The van der Waals surface area contributed by atoms with Gasteiger partial charge in [-0.1, -0.05) is 127 Å². The summed E-state index contributed by atoms with van der Waals surface area (Å²) in [5, 5.41) is 10.1. The van der Waals surface area contributed by atoms with Crippen LogP contribution >= 0.6 is 0 Å². The van der Waals surface area contributed by atoms with Crippen molar-refractivity contribution in [3.8, 4) is 22.6 Å². The lowest BCUT2D eigenvalue weighted by atomic mass is 10.0. The van der Waals surface area contributed by atoms with E-state index in [-0.39, 0.29) is 12.2 Å². The number of rotatable bonds is 22. The highest BCUT2D eigenvalue weighted by Gasteiger charge is 2.12. The van der Waals surface area contributed by atoms with Crippen LogP contribution in [0, 0.1) is 0 Å². The number of Topliss-reactive ketones (excluding diaryl/α,β-unsaturated/α-hetero) is 1. The second-order valence-electron chi connectivity index (χ2n) is 11.9. The Bertz CT molecular complexity index is 1210. The van der Waals surface area contributed by atoms with Gasteiger partial charge in [-0.05, 0) is 66.4 Å². The fourth-order valence-corrected chi connectivity index (χ4v) is 5.34. The number of ether oxygens (including phenoxy) is 2. The van der Waals surface area contributed by atoms with E-state index in [0.717, 1.165) is 29.9 Å². The van der Waals surface area contributed by atoms with Gasteiger partial charge in [0.1, 0.15) is 17.3 Å². The molecule has 3 rings (SSSR count). The maximum Gasteiger partial charge on any atom is 0.343 e. The zero-order valence-electron chi connectivity index (χ0n) is 26.9. The summed E-state index contributed by atoms with van der Waals surface area (Å²) in [5.74, 6) is 0.711. The van der Waals surface area contributed by atoms with Gasteiger partial charge in [0, 0.05) is 6.42 Å². The fourth-order valence-electron chi connectivity index (χ4n) is 5.34. The summed E-state index contributed by atoms with van der Waals surface area (Å²) in [5.41, 5.74) is 3.11. The Morgan fingerprint density at radius 2 is 1.07 bits per heavy atom. The Labute approximate surface area is 265 Å². The molecule has 3 aromatic rings. The minimum absolute atomic E-state index is 0.0563. The maximum atomic E-state index is 12.6. The third-order valence-corrected chi connectivity index (χ3v) is 8.03. The number of esters is 1. The summed E-state index contributed by atoms with van der Waals surface area (Å²) in [4.78, 5) is 23.8. The van der Waals surface area contributed by atoms with Crippen molar-refractivity contribution in [1.29, 1.82) is 0 Å². The molecule has 0 spiro atoms. The highest BCUT2D eigenvalue weighted by molar-refractivity contribution is 5.91. The molecule has 3 aromatic carbocycles. The van der Waals surface area contributed by atoms with Crippen LogP contribution in [-0.2, 0) is 4.79 Å². The molecule has 0 heterocycles. The standard InChI is InChI=1S/C39H52O5/c1-3-4-5-6-7-8-9-10-11-12-13-14-15-16-29-43-36-25-21-33(22-26-36)32-17-19-35(20-18-32)39(42)44-37-27-23-34(24-28-37)38(41)30-31(2)40/h17-28,38,41H,3-16,29-30H2,1-2H3/t38-/m0/s1. The topological polar surface area (TPSA) is 72.8 Å². The molecule has 0 bridgehead atoms. The van der Waals surface area contributed by atoms with E-state index in [1.54, 1.807) is 36.4 Å². The van der Waals surface area contributed by atoms with Crippen LogP contribution in [0.15, 0.2) is 72.8 Å². The monoisotopic (exact) mass is 600 g/mol. The molecule has 0 aromatic heterocycles. The third kappa shape index (κ3) is 13.5. The summed E-state index contributed by atoms with van der Waals surface area (Å²) in [6.07, 6.45) is 18.1. The molecule has 44 heavy (non-hydrogen) atoms. The first kappa shape index (κ1) is 35.0. The minimum atomic E-state index is -0.862. The number of hydrogen-bond donors (Lipinski definition) is 1. The van der Waals surface area contributed by atoms with E-state index < -0.39 is 12.1 Å². The summed E-state index contributed by atoms with van der Waals surface area (Å²) in [6, 6.07) is 21.9. The molecule has 0 fully saturated rings. The van der Waals surface area contributed by atoms with Crippen molar-refractivity contribution in [2.45, 2.75) is 116 Å². The number of aliphatic hydroxyl groups is 1. The average Bonchev–Trinajstić information content (AvgIpc) is 3.03. The summed E-state index contributed by atoms with van der Waals surface area (Å²) >= 11 is 0. The van der Waals surface area contributed by atoms with Crippen molar-refractivity contribution in [2.75, 3.05) is 6.61 Å². The van der Waals surface area contributed by atoms with Gasteiger partial charge < -0.3 is 14.6 Å². The Hall–Kier alpha value is -3.44. The summed E-state index contributed by atoms with van der Waals surface area (Å²) in [6.45, 7) is 4.46. The number of aliphatic hydroxyl groups excluding tert-OH is 1. The van der Waals surface area contributed by atoms with E-state index in [9.17, 15) is 14.7 Å². The first-order chi connectivity index (χ1) is 21.5. The summed E-state index contributed by atoms with van der Waals surface area (Å²) in [7, 11) is 0. The van der Waals surface area contributed by atoms with Gasteiger partial charge in [0.05, 0.1) is 18.3 Å². The first-order valence-corrected chi connectivity index (χ1v) is 16.8. The molecule has 238 valence electrons. The van der Waals surface area contributed by atoms with Crippen LogP contribution in [0.4, 0.5) is 0 Å². The van der Waals surface area contributed by atoms with Crippen LogP contribution in [0.2, 0.25) is 0 Å². The molecule has 0 amide bonds. The molecule has 0 aliphatic carbocycles. The van der Waals surface area contributed by atoms with Crippen molar-refractivity contribution >= 4 is 11.8 Å². The Kier molecular flexibility index (Phi) is 16.3. The first-order valence-electron chi connectivity index (χ1n) is 16.8. The predicted molar refractivity (Wildman–Crippen MR) is 179 cm³/mol. The highest BCUT2D eigenvalue weighted by atomic mass is 16.5. The quantitative estimate of drug-likeness (QED) is 0.0705. The van der Waals surface area contributed by atoms with Gasteiger partial charge in [-0.25, -0.2) is 4.79 Å². The Balaban J connectivity index is 1.29. The fraction of sp³-hybridized carbons (Fsp3) is 0.487. The smallest absolute Gasteiger partial charge is 0.343 e. The molecule has 0 radical (unpaired) electrons. The SMILES string of the molecule is CCCCCCCCCCCCCCCCOc1ccc(-c2ccc(C(=O)Oc3ccc([C@@H](O)CC(C)=O)cc3)cc2)cc1. The molecule has 1 atom stereocenters. The average molecular weight is 601 g/mol. The van der Waals surface area contributed by atoms with Crippen molar-refractivity contribution in [3.05, 3.63) is 83.9 Å². The molecule has 0 saturated carbocycles. The van der Waals surface area contributed by atoms with Crippen molar-refractivity contribution in [1.82, 2.24) is 0 Å². The Morgan fingerprint density at radius 1 is 0.614 bits per heavy atom. The molecule has 5 heteroatoms. The molecular weight excluding hydrogens is 548 g/mol. The number of ketones is 1. The lowest BCUT2D eigenvalue weighted by molar-refractivity contribution is -0.118. The number of unbranched alkanes of at least 4 members (excludes halogenated alkanes) is 13. The van der Waals surface area contributed by atoms with E-state index in [4.69, 9.17) is 9.47 Å². The zero-order chi connectivity index (χ0) is 31.4. The van der Waals surface area contributed by atoms with E-state index in [2.05, 4.69) is 6.92 Å². The second kappa shape index (κ2) is 20.5. The van der Waals surface area contributed by atoms with Gasteiger partial charge >= 0.3 is 5.97 Å². The lowest BCUT2D eigenvalue weighted by Gasteiger charge is -2.10. The van der Waals surface area contributed by atoms with E-state index in [1.807, 2.05) is 36.4 Å². The van der Waals surface area contributed by atoms with Crippen LogP contribution in [0.1, 0.15) is 132 Å². The van der Waals surface area contributed by atoms with Gasteiger partial charge in [-0.15, -0.1) is 0 Å². The molecule has 0 aliphatic rings. The molecule has 5 nitrogen and oxygen atoms in total. The van der Waals surface area contributed by atoms with Crippen molar-refractivity contribution < 1.29 is 24.2 Å². The number of hydrogen-bond acceptors (Lipinski definition) is 5. The predicted octanol–water partition coefficient (Wildman–Crippen LogP) is 10.4. The van der Waals surface area contributed by atoms with Gasteiger partial charge in [0.2, 0.25) is 0 Å². The minimum Gasteiger partial charge on any atom is -0.494 e. The molecule has 0 saturated heterocycles. The van der Waals surface area contributed by atoms with Gasteiger partial charge in [0.25, 0.3) is 0 Å². The Morgan fingerprint density at radius 3 is 1.57 bits per heavy atom. The van der Waals surface area contributed by atoms with Crippen molar-refractivity contribution in [2.24, 2.45) is 0 Å². The zero-order valence-corrected chi connectivity index (χ0v) is 26.9. The van der Waals surface area contributed by atoms with E-state index >= 15 is 0 Å². The third-order valence-electron chi connectivity index (χ3n) is 8.03. The lowest BCUT2D eigenvalue weighted by Crippen LogP contribution is -2.08. The van der Waals surface area contributed by atoms with E-state index in [1.165, 1.54) is 90.4 Å². The number of carbonyl (C=O) groups excluding carboxylic acids is 2.